The van der Waals surface area contributed by atoms with Crippen molar-refractivity contribution in [3.05, 3.63) is 63.9 Å². The van der Waals surface area contributed by atoms with E-state index in [2.05, 4.69) is 9.97 Å². The van der Waals surface area contributed by atoms with E-state index in [4.69, 9.17) is 23.2 Å². The van der Waals surface area contributed by atoms with Crippen LogP contribution in [0.25, 0.3) is 11.0 Å². The second-order valence-electron chi connectivity index (χ2n) is 4.16. The first-order valence-corrected chi connectivity index (χ1v) is 6.35. The van der Waals surface area contributed by atoms with Gasteiger partial charge < -0.3 is 4.98 Å². The molecule has 3 rings (SSSR count). The maximum atomic E-state index is 5.98. The molecule has 0 fully saturated rings. The third kappa shape index (κ3) is 2.35. The second-order valence-corrected chi connectivity index (χ2v) is 5.03. The van der Waals surface area contributed by atoms with Gasteiger partial charge in [0, 0.05) is 16.5 Å². The van der Waals surface area contributed by atoms with Crippen LogP contribution in [0.3, 0.4) is 0 Å². The first-order valence-electron chi connectivity index (χ1n) is 5.59. The number of nitrogens with one attached hydrogen (secondary N) is 1. The van der Waals surface area contributed by atoms with E-state index in [1.165, 1.54) is 0 Å². The number of imidazole rings is 1. The lowest BCUT2D eigenvalue weighted by Crippen LogP contribution is -1.90. The third-order valence-electron chi connectivity index (χ3n) is 2.73. The standard InChI is InChI=1S/C14H10Cl2N2/c15-10-5-9(6-11(16)8-10)7-14-17-12-3-1-2-4-13(12)18-14/h1-6,8H,7H2,(H,17,18). The number of halogens is 2. The topological polar surface area (TPSA) is 28.7 Å². The Balaban J connectivity index is 1.96. The van der Waals surface area contributed by atoms with E-state index >= 15 is 0 Å². The second kappa shape index (κ2) is 4.63. The van der Waals surface area contributed by atoms with E-state index < -0.39 is 0 Å². The number of fused-ring (bicyclic) bond motifs is 1. The zero-order valence-electron chi connectivity index (χ0n) is 9.45. The summed E-state index contributed by atoms with van der Waals surface area (Å²) in [6.07, 6.45) is 0.689. The molecular weight excluding hydrogens is 267 g/mol. The number of nitrogens with zero attached hydrogens (tertiary/aromatic N) is 1. The van der Waals surface area contributed by atoms with Gasteiger partial charge in [0.25, 0.3) is 0 Å². The SMILES string of the molecule is Clc1cc(Cl)cc(Cc2nc3ccccc3[nH]2)c1. The van der Waals surface area contributed by atoms with Gasteiger partial charge in [0.15, 0.2) is 0 Å². The lowest BCUT2D eigenvalue weighted by Gasteiger charge is -2.00. The van der Waals surface area contributed by atoms with Crippen LogP contribution in [0, 0.1) is 0 Å². The molecule has 0 saturated carbocycles. The van der Waals surface area contributed by atoms with Gasteiger partial charge in [0.05, 0.1) is 11.0 Å². The Morgan fingerprint density at radius 2 is 1.72 bits per heavy atom. The molecule has 0 aliphatic rings. The highest BCUT2D eigenvalue weighted by Crippen LogP contribution is 2.21. The fourth-order valence-electron chi connectivity index (χ4n) is 2.00. The van der Waals surface area contributed by atoms with Crippen molar-refractivity contribution < 1.29 is 0 Å². The lowest BCUT2D eigenvalue weighted by molar-refractivity contribution is 1.04. The Labute approximate surface area is 115 Å². The number of hydrogen-bond donors (Lipinski definition) is 1. The van der Waals surface area contributed by atoms with Crippen LogP contribution in [-0.4, -0.2) is 9.97 Å². The molecule has 0 spiro atoms. The van der Waals surface area contributed by atoms with Gasteiger partial charge in [-0.25, -0.2) is 4.98 Å². The average molecular weight is 277 g/mol. The van der Waals surface area contributed by atoms with Gasteiger partial charge in [0.2, 0.25) is 0 Å². The quantitative estimate of drug-likeness (QED) is 0.736. The van der Waals surface area contributed by atoms with E-state index in [9.17, 15) is 0 Å². The Hall–Kier alpha value is -1.51. The van der Waals surface area contributed by atoms with Gasteiger partial charge in [-0.2, -0.15) is 0 Å². The van der Waals surface area contributed by atoms with Crippen LogP contribution < -0.4 is 0 Å². The number of benzene rings is 2. The molecular formula is C14H10Cl2N2. The van der Waals surface area contributed by atoms with Crippen LogP contribution in [0.2, 0.25) is 10.0 Å². The van der Waals surface area contributed by atoms with Crippen LogP contribution >= 0.6 is 23.2 Å². The van der Waals surface area contributed by atoms with Crippen molar-refractivity contribution in [2.45, 2.75) is 6.42 Å². The fourth-order valence-corrected chi connectivity index (χ4v) is 2.57. The van der Waals surface area contributed by atoms with Crippen molar-refractivity contribution >= 4 is 34.2 Å². The van der Waals surface area contributed by atoms with Crippen LogP contribution in [0.15, 0.2) is 42.5 Å². The summed E-state index contributed by atoms with van der Waals surface area (Å²) in [7, 11) is 0. The molecule has 0 unspecified atom stereocenters. The molecule has 0 aliphatic heterocycles. The molecule has 0 aliphatic carbocycles. The normalized spacial score (nSPS) is 11.0. The summed E-state index contributed by atoms with van der Waals surface area (Å²) < 4.78 is 0. The predicted molar refractivity (Wildman–Crippen MR) is 75.4 cm³/mol. The van der Waals surface area contributed by atoms with Crippen LogP contribution in [0.4, 0.5) is 0 Å². The Morgan fingerprint density at radius 1 is 1.00 bits per heavy atom. The molecule has 0 amide bonds. The highest BCUT2D eigenvalue weighted by molar-refractivity contribution is 6.34. The Bertz CT molecular complexity index is 651. The van der Waals surface area contributed by atoms with E-state index in [0.29, 0.717) is 16.5 Å². The summed E-state index contributed by atoms with van der Waals surface area (Å²) >= 11 is 12.0. The summed E-state index contributed by atoms with van der Waals surface area (Å²) in [4.78, 5) is 7.81. The summed E-state index contributed by atoms with van der Waals surface area (Å²) in [5, 5.41) is 1.29. The van der Waals surface area contributed by atoms with Gasteiger partial charge >= 0.3 is 0 Å². The van der Waals surface area contributed by atoms with Gasteiger partial charge in [-0.1, -0.05) is 35.3 Å². The first kappa shape index (κ1) is 11.6. The number of H-pyrrole nitrogens is 1. The maximum absolute atomic E-state index is 5.98. The zero-order chi connectivity index (χ0) is 12.5. The minimum absolute atomic E-state index is 0.647. The minimum atomic E-state index is 0.647. The fraction of sp³-hybridized carbons (Fsp3) is 0.0714. The van der Waals surface area contributed by atoms with Gasteiger partial charge in [-0.05, 0) is 35.9 Å². The highest BCUT2D eigenvalue weighted by atomic mass is 35.5. The van der Waals surface area contributed by atoms with E-state index in [1.807, 2.05) is 36.4 Å². The number of hydrogen-bond acceptors (Lipinski definition) is 1. The van der Waals surface area contributed by atoms with Crippen molar-refractivity contribution in [2.24, 2.45) is 0 Å². The number of para-hydroxylation sites is 2. The molecule has 1 aromatic heterocycles. The van der Waals surface area contributed by atoms with Gasteiger partial charge in [0.1, 0.15) is 5.82 Å². The molecule has 90 valence electrons. The molecule has 0 atom stereocenters. The summed E-state index contributed by atoms with van der Waals surface area (Å²) in [6, 6.07) is 13.5. The molecule has 2 aromatic carbocycles. The van der Waals surface area contributed by atoms with E-state index in [1.54, 1.807) is 6.07 Å². The summed E-state index contributed by atoms with van der Waals surface area (Å²) in [5.74, 6) is 0.912. The van der Waals surface area contributed by atoms with Gasteiger partial charge in [-0.15, -0.1) is 0 Å². The van der Waals surface area contributed by atoms with Crippen molar-refractivity contribution in [2.75, 3.05) is 0 Å². The number of aromatic nitrogens is 2. The molecule has 1 N–H and O–H groups in total. The smallest absolute Gasteiger partial charge is 0.111 e. The highest BCUT2D eigenvalue weighted by Gasteiger charge is 2.04. The van der Waals surface area contributed by atoms with Crippen LogP contribution in [0.5, 0.6) is 0 Å². The average Bonchev–Trinajstić information content (AvgIpc) is 2.69. The van der Waals surface area contributed by atoms with Crippen LogP contribution in [-0.2, 0) is 6.42 Å². The largest absolute Gasteiger partial charge is 0.342 e. The molecule has 0 bridgehead atoms. The first-order chi connectivity index (χ1) is 8.70. The van der Waals surface area contributed by atoms with Gasteiger partial charge in [-0.3, -0.25) is 0 Å². The third-order valence-corrected chi connectivity index (χ3v) is 3.17. The van der Waals surface area contributed by atoms with Crippen molar-refractivity contribution in [3.8, 4) is 0 Å². The van der Waals surface area contributed by atoms with E-state index in [0.717, 1.165) is 22.4 Å². The van der Waals surface area contributed by atoms with Crippen LogP contribution in [0.1, 0.15) is 11.4 Å². The van der Waals surface area contributed by atoms with Crippen molar-refractivity contribution in [1.82, 2.24) is 9.97 Å². The maximum Gasteiger partial charge on any atom is 0.111 e. The molecule has 18 heavy (non-hydrogen) atoms. The van der Waals surface area contributed by atoms with Crippen molar-refractivity contribution in [1.29, 1.82) is 0 Å². The summed E-state index contributed by atoms with van der Waals surface area (Å²) in [5.41, 5.74) is 3.06. The molecule has 1 heterocycles. The predicted octanol–water partition coefficient (Wildman–Crippen LogP) is 4.46. The van der Waals surface area contributed by atoms with E-state index in [-0.39, 0.29) is 0 Å². The number of aromatic amines is 1. The van der Waals surface area contributed by atoms with Crippen molar-refractivity contribution in [3.63, 3.8) is 0 Å². The monoisotopic (exact) mass is 276 g/mol. The molecule has 0 saturated heterocycles. The lowest BCUT2D eigenvalue weighted by atomic mass is 10.1. The molecule has 4 heteroatoms. The minimum Gasteiger partial charge on any atom is -0.342 e. The molecule has 2 nitrogen and oxygen atoms in total. The Kier molecular flexibility index (Phi) is 2.98. The Morgan fingerprint density at radius 3 is 2.44 bits per heavy atom. The number of rotatable bonds is 2. The summed E-state index contributed by atoms with van der Waals surface area (Å²) in [6.45, 7) is 0. The zero-order valence-corrected chi connectivity index (χ0v) is 11.0. The molecule has 0 radical (unpaired) electrons. The molecule has 3 aromatic rings.